The average Bonchev–Trinajstić information content (AvgIpc) is 2.49. The van der Waals surface area contributed by atoms with Gasteiger partial charge in [0.25, 0.3) is 0 Å². The van der Waals surface area contributed by atoms with Gasteiger partial charge >= 0.3 is 18.1 Å². The Bertz CT molecular complexity index is 630. The number of hydrogen-bond donors (Lipinski definition) is 2. The van der Waals surface area contributed by atoms with Crippen molar-refractivity contribution in [1.29, 1.82) is 0 Å². The van der Waals surface area contributed by atoms with Crippen molar-refractivity contribution >= 4 is 29.5 Å². The molecule has 0 amide bonds. The van der Waals surface area contributed by atoms with E-state index < -0.39 is 52.6 Å². The van der Waals surface area contributed by atoms with Gasteiger partial charge in [-0.2, -0.15) is 13.2 Å². The van der Waals surface area contributed by atoms with Crippen LogP contribution >= 0.6 is 11.8 Å². The molecule has 0 bridgehead atoms. The number of benzene rings is 1. The predicted molar refractivity (Wildman–Crippen MR) is 81.1 cm³/mol. The fraction of sp³-hybridized carbons (Fsp3) is 0.400. The van der Waals surface area contributed by atoms with E-state index in [1.807, 2.05) is 0 Å². The van der Waals surface area contributed by atoms with E-state index in [0.717, 1.165) is 30.0 Å². The van der Waals surface area contributed by atoms with Crippen LogP contribution in [-0.2, 0) is 15.8 Å². The van der Waals surface area contributed by atoms with Gasteiger partial charge in [-0.05, 0) is 13.0 Å². The number of aliphatic carboxylic acids is 2. The molecule has 9 heteroatoms. The Morgan fingerprint density at radius 3 is 2.25 bits per heavy atom. The number of carboxylic acids is 2. The number of carbonyl (C=O) groups excluding carboxylic acids is 1. The molecule has 24 heavy (non-hydrogen) atoms. The molecule has 1 aromatic rings. The highest BCUT2D eigenvalue weighted by molar-refractivity contribution is 8.00. The van der Waals surface area contributed by atoms with Gasteiger partial charge in [0.1, 0.15) is 0 Å². The lowest BCUT2D eigenvalue weighted by Crippen LogP contribution is -2.25. The molecule has 0 spiro atoms. The van der Waals surface area contributed by atoms with Crippen molar-refractivity contribution < 1.29 is 37.8 Å². The summed E-state index contributed by atoms with van der Waals surface area (Å²) in [5.41, 5.74) is -1.75. The average molecular weight is 364 g/mol. The minimum Gasteiger partial charge on any atom is -0.481 e. The maximum atomic E-state index is 13.0. The molecule has 0 aliphatic rings. The highest BCUT2D eigenvalue weighted by Gasteiger charge is 2.36. The molecule has 1 aromatic carbocycles. The summed E-state index contributed by atoms with van der Waals surface area (Å²) in [5.74, 6) is -4.92. The first-order chi connectivity index (χ1) is 11.0. The fourth-order valence-electron chi connectivity index (χ4n) is 1.93. The van der Waals surface area contributed by atoms with E-state index in [-0.39, 0.29) is 5.75 Å². The third-order valence-corrected chi connectivity index (χ3v) is 4.48. The maximum absolute atomic E-state index is 13.0. The first kappa shape index (κ1) is 20.0. The number of hydrogen-bond acceptors (Lipinski definition) is 4. The molecule has 0 aliphatic carbocycles. The SMILES string of the molecule is CC(SCC(CC(=O)O)C(=O)c1ccccc1C(F)(F)F)C(=O)O. The summed E-state index contributed by atoms with van der Waals surface area (Å²) in [7, 11) is 0. The van der Waals surface area contributed by atoms with Crippen LogP contribution in [0.15, 0.2) is 24.3 Å². The van der Waals surface area contributed by atoms with Crippen molar-refractivity contribution in [2.75, 3.05) is 5.75 Å². The molecule has 0 heterocycles. The number of carboxylic acid groups (broad SMARTS) is 2. The van der Waals surface area contributed by atoms with Gasteiger partial charge in [0.05, 0.1) is 17.2 Å². The number of ketones is 1. The zero-order valence-electron chi connectivity index (χ0n) is 12.5. The number of alkyl halides is 3. The number of halogens is 3. The van der Waals surface area contributed by atoms with E-state index in [0.29, 0.717) is 0 Å². The lowest BCUT2D eigenvalue weighted by molar-refractivity contribution is -0.138. The molecule has 0 aromatic heterocycles. The number of rotatable bonds is 8. The first-order valence-electron chi connectivity index (χ1n) is 6.80. The zero-order valence-corrected chi connectivity index (χ0v) is 13.4. The number of carbonyl (C=O) groups is 3. The minimum absolute atomic E-state index is 0.204. The standard InChI is InChI=1S/C15H15F3O5S/c1-8(14(22)23)24-7-9(6-12(19)20)13(21)10-4-2-3-5-11(10)15(16,17)18/h2-5,8-9H,6-7H2,1H3,(H,19,20)(H,22,23). The Morgan fingerprint density at radius 2 is 1.75 bits per heavy atom. The Balaban J connectivity index is 3.09. The van der Waals surface area contributed by atoms with Crippen LogP contribution in [0.4, 0.5) is 13.2 Å². The Hall–Kier alpha value is -2.03. The second-order valence-electron chi connectivity index (χ2n) is 5.02. The predicted octanol–water partition coefficient (Wildman–Crippen LogP) is 3.19. The molecule has 0 fully saturated rings. The third kappa shape index (κ3) is 5.55. The molecular formula is C15H15F3O5S. The van der Waals surface area contributed by atoms with Crippen molar-refractivity contribution in [2.24, 2.45) is 5.92 Å². The van der Waals surface area contributed by atoms with Crippen molar-refractivity contribution in [3.05, 3.63) is 35.4 Å². The maximum Gasteiger partial charge on any atom is 0.417 e. The van der Waals surface area contributed by atoms with E-state index >= 15 is 0 Å². The molecule has 0 aliphatic heterocycles. The van der Waals surface area contributed by atoms with Gasteiger partial charge in [-0.25, -0.2) is 0 Å². The van der Waals surface area contributed by atoms with Crippen LogP contribution in [0.2, 0.25) is 0 Å². The molecule has 2 N–H and O–H groups in total. The highest BCUT2D eigenvalue weighted by Crippen LogP contribution is 2.33. The lowest BCUT2D eigenvalue weighted by atomic mass is 9.93. The van der Waals surface area contributed by atoms with E-state index in [2.05, 4.69) is 0 Å². The zero-order chi connectivity index (χ0) is 18.5. The summed E-state index contributed by atoms with van der Waals surface area (Å²) < 4.78 is 39.0. The van der Waals surface area contributed by atoms with Crippen molar-refractivity contribution in [3.63, 3.8) is 0 Å². The van der Waals surface area contributed by atoms with Crippen LogP contribution < -0.4 is 0 Å². The Morgan fingerprint density at radius 1 is 1.17 bits per heavy atom. The van der Waals surface area contributed by atoms with Gasteiger partial charge in [0.15, 0.2) is 5.78 Å². The fourth-order valence-corrected chi connectivity index (χ4v) is 2.87. The van der Waals surface area contributed by atoms with Crippen LogP contribution in [-0.4, -0.2) is 38.9 Å². The summed E-state index contributed by atoms with van der Waals surface area (Å²) in [5, 5.41) is 16.8. The highest BCUT2D eigenvalue weighted by atomic mass is 32.2. The number of Topliss-reactive ketones (excluding diaryl/α,β-unsaturated/α-hetero) is 1. The second kappa shape index (κ2) is 8.18. The summed E-state index contributed by atoms with van der Waals surface area (Å²) in [6.07, 6.45) is -5.42. The summed E-state index contributed by atoms with van der Waals surface area (Å²) in [4.78, 5) is 34.1. The Labute approximate surface area is 139 Å². The van der Waals surface area contributed by atoms with Crippen LogP contribution in [0.3, 0.4) is 0 Å². The molecule has 2 atom stereocenters. The molecule has 2 unspecified atom stereocenters. The normalized spacial score (nSPS) is 14.0. The molecule has 0 radical (unpaired) electrons. The summed E-state index contributed by atoms with van der Waals surface area (Å²) >= 11 is 0.806. The smallest absolute Gasteiger partial charge is 0.417 e. The Kier molecular flexibility index (Phi) is 6.82. The van der Waals surface area contributed by atoms with Crippen LogP contribution in [0.25, 0.3) is 0 Å². The van der Waals surface area contributed by atoms with Gasteiger partial charge < -0.3 is 10.2 Å². The van der Waals surface area contributed by atoms with E-state index in [1.165, 1.54) is 13.0 Å². The second-order valence-corrected chi connectivity index (χ2v) is 6.39. The molecule has 1 rings (SSSR count). The lowest BCUT2D eigenvalue weighted by Gasteiger charge is -2.18. The molecule has 5 nitrogen and oxygen atoms in total. The van der Waals surface area contributed by atoms with Gasteiger partial charge in [0, 0.05) is 17.2 Å². The van der Waals surface area contributed by atoms with E-state index in [4.69, 9.17) is 10.2 Å². The van der Waals surface area contributed by atoms with Gasteiger partial charge in [-0.1, -0.05) is 18.2 Å². The van der Waals surface area contributed by atoms with Crippen LogP contribution in [0.5, 0.6) is 0 Å². The van der Waals surface area contributed by atoms with Crippen molar-refractivity contribution in [1.82, 2.24) is 0 Å². The molecule has 0 saturated heterocycles. The monoisotopic (exact) mass is 364 g/mol. The minimum atomic E-state index is -4.75. The molecular weight excluding hydrogens is 349 g/mol. The van der Waals surface area contributed by atoms with Gasteiger partial charge in [0.2, 0.25) is 0 Å². The van der Waals surface area contributed by atoms with E-state index in [1.54, 1.807) is 0 Å². The summed E-state index contributed by atoms with van der Waals surface area (Å²) in [6.45, 7) is 1.35. The third-order valence-electron chi connectivity index (χ3n) is 3.18. The van der Waals surface area contributed by atoms with Crippen molar-refractivity contribution in [2.45, 2.75) is 24.8 Å². The van der Waals surface area contributed by atoms with Crippen LogP contribution in [0.1, 0.15) is 29.3 Å². The molecule has 0 saturated carbocycles. The van der Waals surface area contributed by atoms with Gasteiger partial charge in [-0.3, -0.25) is 14.4 Å². The van der Waals surface area contributed by atoms with Gasteiger partial charge in [-0.15, -0.1) is 11.8 Å². The quantitative estimate of drug-likeness (QED) is 0.689. The summed E-state index contributed by atoms with van der Waals surface area (Å²) in [6, 6.07) is 4.13. The van der Waals surface area contributed by atoms with Crippen molar-refractivity contribution in [3.8, 4) is 0 Å². The first-order valence-corrected chi connectivity index (χ1v) is 7.85. The topological polar surface area (TPSA) is 91.7 Å². The van der Waals surface area contributed by atoms with Crippen LogP contribution in [0, 0.1) is 5.92 Å². The number of thioether (sulfide) groups is 1. The largest absolute Gasteiger partial charge is 0.481 e. The molecule has 132 valence electrons. The van der Waals surface area contributed by atoms with E-state index in [9.17, 15) is 27.6 Å².